The van der Waals surface area contributed by atoms with E-state index in [0.717, 1.165) is 78.3 Å². The Morgan fingerprint density at radius 2 is 0.630 bits per heavy atom. The largest absolute Gasteiger partial charge is 0.507 e. The fraction of sp³-hybridized carbons (Fsp3) is 0.500. The molecule has 0 saturated carbocycles. The Kier molecular flexibility index (Phi) is 18.5. The van der Waals surface area contributed by atoms with E-state index in [-0.39, 0.29) is 44.0 Å². The quantitative estimate of drug-likeness (QED) is 0.0772. The molecule has 0 bridgehead atoms. The fourth-order valence-electron chi connectivity index (χ4n) is 9.69. The number of thiol groups is 2. The Morgan fingerprint density at radius 1 is 0.397 bits per heavy atom. The monoisotopic (exact) mass is 1050 g/mol. The van der Waals surface area contributed by atoms with Gasteiger partial charge < -0.3 is 20.4 Å². The van der Waals surface area contributed by atoms with Crippen molar-refractivity contribution in [1.82, 2.24) is 0 Å². The third-order valence-electron chi connectivity index (χ3n) is 14.1. The molecule has 0 aliphatic rings. The van der Waals surface area contributed by atoms with E-state index in [4.69, 9.17) is 0 Å². The molecule has 0 saturated heterocycles. The predicted molar refractivity (Wildman–Crippen MR) is 317 cm³/mol. The van der Waals surface area contributed by atoms with Gasteiger partial charge in [0.05, 0.1) is 0 Å². The summed E-state index contributed by atoms with van der Waals surface area (Å²) in [6.07, 6.45) is 0.650. The van der Waals surface area contributed by atoms with Crippen LogP contribution in [0.1, 0.15) is 234 Å². The molecular weight excluding hydrogens is 961 g/mol. The Balaban J connectivity index is 0.000000323. The minimum atomic E-state index is -0.403. The van der Waals surface area contributed by atoms with Gasteiger partial charge in [-0.25, -0.2) is 0 Å². The van der Waals surface area contributed by atoms with Crippen LogP contribution in [0.3, 0.4) is 0 Å². The van der Waals surface area contributed by atoms with Crippen molar-refractivity contribution < 1.29 is 30.0 Å². The average Bonchev–Trinajstić information content (AvgIpc) is 3.22. The average molecular weight is 1050 g/mol. The summed E-state index contributed by atoms with van der Waals surface area (Å²) in [5, 5.41) is 43.5. The van der Waals surface area contributed by atoms with Crippen LogP contribution in [0.4, 0.5) is 0 Å². The highest BCUT2D eigenvalue weighted by Crippen LogP contribution is 2.44. The SMILES string of the molecule is CC(C)(C)c1cc(CSCc2cc(C(C)(C)C)c(O)c(C(C)(C)C)c2)cc(C(C)(C)C)c1O.Cc1cc(C(C)(C)C)c(O)c(C)c1Cc1c(C(=O)S)ccc(C(=O)S)c1Cc1c(C)cc(C(C)(C)C)c(O)c1C. The van der Waals surface area contributed by atoms with Crippen LogP contribution in [-0.4, -0.2) is 30.7 Å². The zero-order valence-corrected chi connectivity index (χ0v) is 51.0. The predicted octanol–water partition coefficient (Wildman–Crippen LogP) is 17.0. The van der Waals surface area contributed by atoms with Gasteiger partial charge in [0.1, 0.15) is 23.0 Å². The Bertz CT molecular complexity index is 2630. The minimum absolute atomic E-state index is 0.120. The van der Waals surface area contributed by atoms with Gasteiger partial charge in [-0.3, -0.25) is 9.59 Å². The molecule has 5 aromatic rings. The molecule has 4 N–H and O–H groups in total. The number of carbonyl (C=O) groups excluding carboxylic acids is 2. The summed E-state index contributed by atoms with van der Waals surface area (Å²) in [5.41, 5.74) is 14.7. The van der Waals surface area contributed by atoms with Gasteiger partial charge >= 0.3 is 0 Å². The molecule has 9 heteroatoms. The lowest BCUT2D eigenvalue weighted by Gasteiger charge is -2.28. The van der Waals surface area contributed by atoms with Crippen LogP contribution in [0, 0.1) is 27.7 Å². The number of rotatable bonds is 10. The number of phenolic OH excluding ortho intramolecular Hbond substituents is 4. The van der Waals surface area contributed by atoms with Crippen LogP contribution < -0.4 is 0 Å². The molecule has 0 fully saturated rings. The number of carbonyl (C=O) groups is 2. The Hall–Kier alpha value is -4.31. The van der Waals surface area contributed by atoms with Gasteiger partial charge in [-0.2, -0.15) is 11.8 Å². The standard InChI is InChI=1S/C34H42O4S2.C30H46O2S/c1-17-13-27(33(5,6)7)29(35)19(3)23(17)15-25-21(31(37)39)11-12-22(32(38)40)26(25)16-24-18(2)14-28(34(8,9)10)30(36)20(24)4;1-27(2,3)21-13-19(14-22(25(21)31)28(4,5)6)17-33-18-20-15-23(29(7,8)9)26(32)24(16-20)30(10,11)12/h11-14,35-36H,15-16H2,1-10H3,(H,37,39)(H,38,40);13-16,31-32H,17-18H2,1-12H3. The molecule has 0 aliphatic heterocycles. The van der Waals surface area contributed by atoms with Crippen LogP contribution >= 0.6 is 37.0 Å². The van der Waals surface area contributed by atoms with Gasteiger partial charge in [-0.1, -0.05) is 161 Å². The van der Waals surface area contributed by atoms with Crippen LogP contribution in [-0.2, 0) is 56.8 Å². The van der Waals surface area contributed by atoms with Crippen molar-refractivity contribution in [2.45, 2.75) is 209 Å². The van der Waals surface area contributed by atoms with Gasteiger partial charge in [0.25, 0.3) is 0 Å². The van der Waals surface area contributed by atoms with Crippen LogP contribution in [0.5, 0.6) is 23.0 Å². The van der Waals surface area contributed by atoms with Gasteiger partial charge in [0, 0.05) is 22.6 Å². The van der Waals surface area contributed by atoms with E-state index in [1.807, 2.05) is 51.6 Å². The summed E-state index contributed by atoms with van der Waals surface area (Å²) in [4.78, 5) is 25.6. The highest BCUT2D eigenvalue weighted by Gasteiger charge is 2.30. The van der Waals surface area contributed by atoms with E-state index in [1.54, 1.807) is 12.1 Å². The zero-order chi connectivity index (χ0) is 56.0. The van der Waals surface area contributed by atoms with E-state index in [0.29, 0.717) is 46.6 Å². The van der Waals surface area contributed by atoms with Gasteiger partial charge in [0.2, 0.25) is 10.2 Å². The van der Waals surface area contributed by atoms with E-state index in [2.05, 4.69) is 174 Å². The highest BCUT2D eigenvalue weighted by atomic mass is 32.2. The third kappa shape index (κ3) is 14.3. The molecule has 0 radical (unpaired) electrons. The molecule has 0 atom stereocenters. The zero-order valence-electron chi connectivity index (χ0n) is 48.4. The number of benzene rings is 5. The second kappa shape index (κ2) is 22.1. The van der Waals surface area contributed by atoms with Crippen LogP contribution in [0.2, 0.25) is 0 Å². The number of aromatic hydroxyl groups is 4. The van der Waals surface area contributed by atoms with E-state index in [1.165, 1.54) is 11.1 Å². The van der Waals surface area contributed by atoms with Crippen LogP contribution in [0.15, 0.2) is 48.5 Å². The molecule has 5 aromatic carbocycles. The first kappa shape index (κ1) is 61.2. The summed E-state index contributed by atoms with van der Waals surface area (Å²) >= 11 is 10.2. The fourth-order valence-corrected chi connectivity index (χ4v) is 11.0. The maximum atomic E-state index is 12.8. The lowest BCUT2D eigenvalue weighted by Crippen LogP contribution is -2.18. The maximum absolute atomic E-state index is 12.8. The second-order valence-corrected chi connectivity index (χ2v) is 28.3. The summed E-state index contributed by atoms with van der Waals surface area (Å²) in [5.74, 6) is 3.11. The minimum Gasteiger partial charge on any atom is -0.507 e. The number of thioether (sulfide) groups is 1. The molecule has 73 heavy (non-hydrogen) atoms. The molecular formula is C64H88O6S3. The van der Waals surface area contributed by atoms with Crippen molar-refractivity contribution >= 4 is 47.3 Å². The van der Waals surface area contributed by atoms with Crippen molar-refractivity contribution in [3.05, 3.63) is 149 Å². The summed E-state index contributed by atoms with van der Waals surface area (Å²) < 4.78 is 0. The third-order valence-corrected chi connectivity index (χ3v) is 15.7. The van der Waals surface area contributed by atoms with Crippen molar-refractivity contribution in [2.24, 2.45) is 0 Å². The number of aryl methyl sites for hydroxylation is 2. The number of phenols is 4. The van der Waals surface area contributed by atoms with Gasteiger partial charge in [-0.15, -0.1) is 25.3 Å². The molecule has 398 valence electrons. The van der Waals surface area contributed by atoms with E-state index < -0.39 is 10.2 Å². The molecule has 5 rings (SSSR count). The van der Waals surface area contributed by atoms with E-state index >= 15 is 0 Å². The summed E-state index contributed by atoms with van der Waals surface area (Å²) in [7, 11) is 0. The molecule has 0 heterocycles. The topological polar surface area (TPSA) is 115 Å². The van der Waals surface area contributed by atoms with Crippen molar-refractivity contribution in [2.75, 3.05) is 0 Å². The molecule has 0 spiro atoms. The molecule has 6 nitrogen and oxygen atoms in total. The summed E-state index contributed by atoms with van der Waals surface area (Å²) in [6, 6.07) is 16.0. The molecule has 0 aliphatic carbocycles. The normalized spacial score (nSPS) is 12.7. The number of hydrogen-bond donors (Lipinski definition) is 6. The molecule has 0 amide bonds. The summed E-state index contributed by atoms with van der Waals surface area (Å²) in [6.45, 7) is 46.0. The Morgan fingerprint density at radius 3 is 0.849 bits per heavy atom. The second-order valence-electron chi connectivity index (χ2n) is 26.5. The number of hydrogen-bond acceptors (Lipinski definition) is 7. The molecule has 0 unspecified atom stereocenters. The highest BCUT2D eigenvalue weighted by molar-refractivity contribution is 7.97. The van der Waals surface area contributed by atoms with Crippen molar-refractivity contribution in [3.63, 3.8) is 0 Å². The first-order valence-electron chi connectivity index (χ1n) is 25.6. The smallest absolute Gasteiger partial charge is 0.216 e. The lowest BCUT2D eigenvalue weighted by atomic mass is 9.78. The Labute approximate surface area is 455 Å². The molecule has 0 aromatic heterocycles. The van der Waals surface area contributed by atoms with Gasteiger partial charge in [-0.05, 0) is 174 Å². The van der Waals surface area contributed by atoms with E-state index in [9.17, 15) is 30.0 Å². The first-order chi connectivity index (χ1) is 33.0. The first-order valence-corrected chi connectivity index (χ1v) is 27.6. The van der Waals surface area contributed by atoms with Gasteiger partial charge in [0.15, 0.2) is 0 Å². The lowest BCUT2D eigenvalue weighted by molar-refractivity contribution is 0.107. The van der Waals surface area contributed by atoms with Crippen molar-refractivity contribution in [3.8, 4) is 23.0 Å². The maximum Gasteiger partial charge on any atom is 0.216 e. The van der Waals surface area contributed by atoms with Crippen molar-refractivity contribution in [1.29, 1.82) is 0 Å². The van der Waals surface area contributed by atoms with Crippen LogP contribution in [0.25, 0.3) is 0 Å².